The van der Waals surface area contributed by atoms with Crippen LogP contribution in [0.3, 0.4) is 0 Å². The number of aromatic nitrogens is 1. The van der Waals surface area contributed by atoms with Crippen molar-refractivity contribution in [3.63, 3.8) is 0 Å². The van der Waals surface area contributed by atoms with Crippen molar-refractivity contribution < 1.29 is 0 Å². The van der Waals surface area contributed by atoms with Crippen molar-refractivity contribution in [3.8, 4) is 11.1 Å². The molecule has 0 N–H and O–H groups in total. The summed E-state index contributed by atoms with van der Waals surface area (Å²) in [6.07, 6.45) is 11.7. The lowest BCUT2D eigenvalue weighted by Crippen LogP contribution is -2.09. The molecule has 1 aromatic heterocycles. The van der Waals surface area contributed by atoms with Gasteiger partial charge in [-0.1, -0.05) is 72.8 Å². The Morgan fingerprint density at radius 2 is 1.24 bits per heavy atom. The lowest BCUT2D eigenvalue weighted by Gasteiger charge is -2.26. The number of anilines is 3. The Kier molecular flexibility index (Phi) is 6.96. The molecule has 0 fully saturated rings. The lowest BCUT2D eigenvalue weighted by molar-refractivity contribution is 1.27. The van der Waals surface area contributed by atoms with E-state index >= 15 is 0 Å². The summed E-state index contributed by atoms with van der Waals surface area (Å²) in [5, 5.41) is 0. The topological polar surface area (TPSA) is 16.1 Å². The number of nitrogens with zero attached hydrogens (tertiary/aromatic N) is 2. The highest BCUT2D eigenvalue weighted by Gasteiger charge is 2.13. The quantitative estimate of drug-likeness (QED) is 0.274. The van der Waals surface area contributed by atoms with Crippen LogP contribution in [0.15, 0.2) is 128 Å². The fourth-order valence-electron chi connectivity index (χ4n) is 3.85. The zero-order valence-corrected chi connectivity index (χ0v) is 19.1. The Morgan fingerprint density at radius 3 is 1.79 bits per heavy atom. The van der Waals surface area contributed by atoms with Crippen LogP contribution in [0.25, 0.3) is 16.7 Å². The van der Waals surface area contributed by atoms with Crippen LogP contribution in [-0.4, -0.2) is 4.98 Å². The van der Waals surface area contributed by atoms with Crippen molar-refractivity contribution in [2.75, 3.05) is 4.90 Å². The van der Waals surface area contributed by atoms with Crippen molar-refractivity contribution in [2.24, 2.45) is 0 Å². The summed E-state index contributed by atoms with van der Waals surface area (Å²) in [7, 11) is 0. The summed E-state index contributed by atoms with van der Waals surface area (Å²) in [5.74, 6) is 0. The number of hydrogen-bond acceptors (Lipinski definition) is 2. The normalized spacial score (nSPS) is 11.5. The maximum atomic E-state index is 4.12. The van der Waals surface area contributed by atoms with Crippen LogP contribution in [0.4, 0.5) is 17.1 Å². The van der Waals surface area contributed by atoms with E-state index in [4.69, 9.17) is 0 Å². The van der Waals surface area contributed by atoms with Gasteiger partial charge in [-0.3, -0.25) is 4.98 Å². The predicted molar refractivity (Wildman–Crippen MR) is 142 cm³/mol. The molecule has 4 rings (SSSR count). The van der Waals surface area contributed by atoms with Crippen molar-refractivity contribution in [1.29, 1.82) is 0 Å². The standard InChI is InChI=1S/C31H28N2/c1-4-6-25(7-5-2)26-10-16-30(17-11-26)33(29-14-8-24(3)9-15-29)31-18-12-27(13-19-31)28-20-22-32-23-21-28/h4-23H,1H2,2-3H3/b7-5-,25-6+. The van der Waals surface area contributed by atoms with E-state index in [0.29, 0.717) is 0 Å². The highest BCUT2D eigenvalue weighted by atomic mass is 15.1. The highest BCUT2D eigenvalue weighted by molar-refractivity contribution is 5.81. The number of hydrogen-bond donors (Lipinski definition) is 0. The summed E-state index contributed by atoms with van der Waals surface area (Å²) >= 11 is 0. The summed E-state index contributed by atoms with van der Waals surface area (Å²) in [5.41, 5.74) is 9.22. The summed E-state index contributed by atoms with van der Waals surface area (Å²) in [6, 6.07) is 30.1. The number of pyridine rings is 1. The summed E-state index contributed by atoms with van der Waals surface area (Å²) in [6.45, 7) is 7.99. The van der Waals surface area contributed by atoms with Gasteiger partial charge in [0.15, 0.2) is 0 Å². The van der Waals surface area contributed by atoms with Crippen molar-refractivity contribution in [2.45, 2.75) is 13.8 Å². The summed E-state index contributed by atoms with van der Waals surface area (Å²) in [4.78, 5) is 6.41. The maximum Gasteiger partial charge on any atom is 0.0462 e. The van der Waals surface area contributed by atoms with Crippen molar-refractivity contribution >= 4 is 22.6 Å². The smallest absolute Gasteiger partial charge is 0.0462 e. The van der Waals surface area contributed by atoms with E-state index in [0.717, 1.165) is 33.8 Å². The van der Waals surface area contributed by atoms with Gasteiger partial charge in [-0.05, 0) is 84.6 Å². The summed E-state index contributed by atoms with van der Waals surface area (Å²) < 4.78 is 0. The van der Waals surface area contributed by atoms with Crippen LogP contribution in [0, 0.1) is 6.92 Å². The molecule has 4 aromatic rings. The fourth-order valence-corrected chi connectivity index (χ4v) is 3.85. The van der Waals surface area contributed by atoms with Gasteiger partial charge in [0.2, 0.25) is 0 Å². The highest BCUT2D eigenvalue weighted by Crippen LogP contribution is 2.36. The lowest BCUT2D eigenvalue weighted by atomic mass is 10.0. The zero-order chi connectivity index (χ0) is 23.0. The molecule has 0 amide bonds. The average molecular weight is 429 g/mol. The predicted octanol–water partition coefficient (Wildman–Crippen LogP) is 8.67. The van der Waals surface area contributed by atoms with Gasteiger partial charge in [0.1, 0.15) is 0 Å². The maximum absolute atomic E-state index is 4.12. The van der Waals surface area contributed by atoms with Gasteiger partial charge in [-0.15, -0.1) is 0 Å². The fraction of sp³-hybridized carbons (Fsp3) is 0.0645. The minimum atomic E-state index is 1.11. The van der Waals surface area contributed by atoms with Crippen LogP contribution in [0.2, 0.25) is 0 Å². The minimum absolute atomic E-state index is 1.11. The van der Waals surface area contributed by atoms with Gasteiger partial charge in [0, 0.05) is 29.5 Å². The molecular weight excluding hydrogens is 400 g/mol. The van der Waals surface area contributed by atoms with E-state index in [1.54, 1.807) is 0 Å². The molecule has 0 unspecified atom stereocenters. The van der Waals surface area contributed by atoms with Gasteiger partial charge < -0.3 is 4.90 Å². The second-order valence-electron chi connectivity index (χ2n) is 7.86. The Bertz CT molecular complexity index is 1250. The van der Waals surface area contributed by atoms with Crippen molar-refractivity contribution in [3.05, 3.63) is 139 Å². The third-order valence-electron chi connectivity index (χ3n) is 5.53. The molecule has 162 valence electrons. The van der Waals surface area contributed by atoms with Gasteiger partial charge in [-0.25, -0.2) is 0 Å². The molecule has 0 saturated heterocycles. The van der Waals surface area contributed by atoms with E-state index in [2.05, 4.69) is 102 Å². The third kappa shape index (κ3) is 5.19. The number of benzene rings is 3. The second-order valence-corrected chi connectivity index (χ2v) is 7.86. The molecule has 0 saturated carbocycles. The molecule has 33 heavy (non-hydrogen) atoms. The Morgan fingerprint density at radius 1 is 0.727 bits per heavy atom. The van der Waals surface area contributed by atoms with Crippen LogP contribution >= 0.6 is 0 Å². The number of rotatable bonds is 7. The van der Waals surface area contributed by atoms with Gasteiger partial charge in [0.25, 0.3) is 0 Å². The Balaban J connectivity index is 1.74. The first kappa shape index (κ1) is 22.0. The zero-order valence-electron chi connectivity index (χ0n) is 19.1. The molecule has 0 radical (unpaired) electrons. The third-order valence-corrected chi connectivity index (χ3v) is 5.53. The molecule has 0 aliphatic carbocycles. The number of allylic oxidation sites excluding steroid dienone is 5. The molecule has 3 aromatic carbocycles. The van der Waals surface area contributed by atoms with E-state index in [1.165, 1.54) is 11.1 Å². The first-order valence-corrected chi connectivity index (χ1v) is 11.1. The molecule has 2 heteroatoms. The molecule has 2 nitrogen and oxygen atoms in total. The molecule has 0 atom stereocenters. The first-order chi connectivity index (χ1) is 16.2. The van der Waals surface area contributed by atoms with Crippen LogP contribution in [0.5, 0.6) is 0 Å². The Labute approximate surface area is 196 Å². The van der Waals surface area contributed by atoms with Gasteiger partial charge >= 0.3 is 0 Å². The van der Waals surface area contributed by atoms with Gasteiger partial charge in [0.05, 0.1) is 0 Å². The molecular formula is C31H28N2. The Hall–Kier alpha value is -4.17. The average Bonchev–Trinajstić information content (AvgIpc) is 2.87. The second kappa shape index (κ2) is 10.4. The van der Waals surface area contributed by atoms with E-state index in [-0.39, 0.29) is 0 Å². The molecule has 0 aliphatic heterocycles. The SMILES string of the molecule is C=C/C=C(\C=C/C)c1ccc(N(c2ccc(C)cc2)c2ccc(-c3ccncc3)cc2)cc1. The molecule has 0 spiro atoms. The van der Waals surface area contributed by atoms with E-state index < -0.39 is 0 Å². The largest absolute Gasteiger partial charge is 0.311 e. The van der Waals surface area contributed by atoms with Crippen LogP contribution in [-0.2, 0) is 0 Å². The first-order valence-electron chi connectivity index (χ1n) is 11.1. The number of aryl methyl sites for hydroxylation is 1. The van der Waals surface area contributed by atoms with Crippen LogP contribution < -0.4 is 4.90 Å². The van der Waals surface area contributed by atoms with Gasteiger partial charge in [-0.2, -0.15) is 0 Å². The van der Waals surface area contributed by atoms with E-state index in [9.17, 15) is 0 Å². The molecule has 0 aliphatic rings. The minimum Gasteiger partial charge on any atom is -0.311 e. The monoisotopic (exact) mass is 428 g/mol. The van der Waals surface area contributed by atoms with E-state index in [1.807, 2.05) is 49.7 Å². The van der Waals surface area contributed by atoms with Crippen LogP contribution in [0.1, 0.15) is 18.1 Å². The molecule has 1 heterocycles. The van der Waals surface area contributed by atoms with Crippen molar-refractivity contribution in [1.82, 2.24) is 4.98 Å². The molecule has 0 bridgehead atoms.